The molecule has 1 aromatic rings. The number of rotatable bonds is 6. The third-order valence-electron chi connectivity index (χ3n) is 3.55. The van der Waals surface area contributed by atoms with Crippen LogP contribution in [0.5, 0.6) is 0 Å². The van der Waals surface area contributed by atoms with E-state index in [1.807, 2.05) is 0 Å². The van der Waals surface area contributed by atoms with Crippen LogP contribution in [0.1, 0.15) is 19.8 Å². The average molecular weight is 280 g/mol. The average Bonchev–Trinajstić information content (AvgIpc) is 2.98. The van der Waals surface area contributed by atoms with Gasteiger partial charge in [0.05, 0.1) is 4.92 Å². The van der Waals surface area contributed by atoms with E-state index in [4.69, 9.17) is 5.84 Å². The number of likely N-dealkylation sites (tertiary alicyclic amines) is 1. The second kappa shape index (κ2) is 6.49. The van der Waals surface area contributed by atoms with Gasteiger partial charge in [-0.3, -0.25) is 15.0 Å². The van der Waals surface area contributed by atoms with Gasteiger partial charge in [-0.05, 0) is 38.9 Å². The van der Waals surface area contributed by atoms with Crippen molar-refractivity contribution in [3.05, 3.63) is 22.2 Å². The van der Waals surface area contributed by atoms with Gasteiger partial charge in [0.15, 0.2) is 0 Å². The van der Waals surface area contributed by atoms with Crippen LogP contribution in [0.3, 0.4) is 0 Å². The van der Waals surface area contributed by atoms with Gasteiger partial charge in [-0.25, -0.2) is 10.8 Å². The van der Waals surface area contributed by atoms with E-state index in [-0.39, 0.29) is 11.5 Å². The number of pyridine rings is 1. The van der Waals surface area contributed by atoms with Gasteiger partial charge in [0.1, 0.15) is 5.82 Å². The minimum absolute atomic E-state index is 0.0439. The molecule has 8 nitrogen and oxygen atoms in total. The molecule has 1 atom stereocenters. The number of nitrogens with one attached hydrogen (secondary N) is 2. The van der Waals surface area contributed by atoms with Crippen molar-refractivity contribution in [2.75, 3.05) is 30.4 Å². The Morgan fingerprint density at radius 3 is 2.80 bits per heavy atom. The molecule has 1 fully saturated rings. The van der Waals surface area contributed by atoms with E-state index >= 15 is 0 Å². The number of hydrogen-bond donors (Lipinski definition) is 3. The first kappa shape index (κ1) is 14.5. The Bertz CT molecular complexity index is 475. The maximum absolute atomic E-state index is 11.0. The lowest BCUT2D eigenvalue weighted by Gasteiger charge is -2.24. The molecule has 0 spiro atoms. The van der Waals surface area contributed by atoms with E-state index in [1.54, 1.807) is 0 Å². The molecule has 0 aromatic carbocycles. The lowest BCUT2D eigenvalue weighted by atomic mass is 10.3. The van der Waals surface area contributed by atoms with Crippen LogP contribution < -0.4 is 16.6 Å². The molecule has 1 aliphatic rings. The number of nitrogen functional groups attached to an aromatic ring is 1. The maximum Gasteiger partial charge on any atom is 0.311 e. The zero-order valence-corrected chi connectivity index (χ0v) is 11.5. The highest BCUT2D eigenvalue weighted by molar-refractivity contribution is 5.60. The molecule has 20 heavy (non-hydrogen) atoms. The molecule has 0 amide bonds. The molecular formula is C12H20N6O2. The summed E-state index contributed by atoms with van der Waals surface area (Å²) in [7, 11) is 0. The smallest absolute Gasteiger partial charge is 0.311 e. The lowest BCUT2D eigenvalue weighted by molar-refractivity contribution is -0.384. The Hall–Kier alpha value is -1.93. The fraction of sp³-hybridized carbons (Fsp3) is 0.583. The standard InChI is InChI=1S/C12H20N6O2/c1-9(17-6-2-3-7-17)8-14-12-10(18(19)20)4-5-11(15-12)16-13/h4-5,9H,2-3,6-8,13H2,1H3,(H2,14,15,16). The van der Waals surface area contributed by atoms with Crippen LogP contribution in [0.25, 0.3) is 0 Å². The van der Waals surface area contributed by atoms with Gasteiger partial charge in [-0.2, -0.15) is 0 Å². The van der Waals surface area contributed by atoms with E-state index in [2.05, 4.69) is 27.6 Å². The van der Waals surface area contributed by atoms with E-state index < -0.39 is 4.92 Å². The molecule has 0 radical (unpaired) electrons. The second-order valence-corrected chi connectivity index (χ2v) is 4.94. The number of hydrazine groups is 1. The van der Waals surface area contributed by atoms with Crippen LogP contribution >= 0.6 is 0 Å². The predicted octanol–water partition coefficient (Wildman–Crippen LogP) is 1.17. The predicted molar refractivity (Wildman–Crippen MR) is 77.5 cm³/mol. The fourth-order valence-corrected chi connectivity index (χ4v) is 2.37. The summed E-state index contributed by atoms with van der Waals surface area (Å²) >= 11 is 0. The van der Waals surface area contributed by atoms with E-state index in [0.29, 0.717) is 18.4 Å². The highest BCUT2D eigenvalue weighted by atomic mass is 16.6. The number of nitrogens with zero attached hydrogens (tertiary/aromatic N) is 3. The van der Waals surface area contributed by atoms with Crippen molar-refractivity contribution in [3.8, 4) is 0 Å². The summed E-state index contributed by atoms with van der Waals surface area (Å²) in [5, 5.41) is 14.0. The molecule has 0 saturated carbocycles. The van der Waals surface area contributed by atoms with Crippen LogP contribution in [0, 0.1) is 10.1 Å². The summed E-state index contributed by atoms with van der Waals surface area (Å²) in [4.78, 5) is 17.0. The first-order valence-corrected chi connectivity index (χ1v) is 6.72. The van der Waals surface area contributed by atoms with Crippen LogP contribution in [-0.4, -0.2) is 40.5 Å². The van der Waals surface area contributed by atoms with Crippen molar-refractivity contribution in [2.45, 2.75) is 25.8 Å². The molecule has 0 aliphatic carbocycles. The number of nitro groups is 1. The summed E-state index contributed by atoms with van der Waals surface area (Å²) in [5.74, 6) is 5.92. The number of aromatic nitrogens is 1. The highest BCUT2D eigenvalue weighted by Gasteiger charge is 2.20. The number of anilines is 2. The zero-order valence-electron chi connectivity index (χ0n) is 11.5. The van der Waals surface area contributed by atoms with Crippen LogP contribution in [0.15, 0.2) is 12.1 Å². The van der Waals surface area contributed by atoms with Crippen molar-refractivity contribution in [2.24, 2.45) is 5.84 Å². The minimum Gasteiger partial charge on any atom is -0.363 e. The Morgan fingerprint density at radius 2 is 2.20 bits per heavy atom. The van der Waals surface area contributed by atoms with Crippen molar-refractivity contribution in [1.29, 1.82) is 0 Å². The summed E-state index contributed by atoms with van der Waals surface area (Å²) in [5.41, 5.74) is 2.35. The van der Waals surface area contributed by atoms with Crippen molar-refractivity contribution in [1.82, 2.24) is 9.88 Å². The second-order valence-electron chi connectivity index (χ2n) is 4.94. The third kappa shape index (κ3) is 3.34. The van der Waals surface area contributed by atoms with Gasteiger partial charge in [-0.15, -0.1) is 0 Å². The highest BCUT2D eigenvalue weighted by Crippen LogP contribution is 2.24. The van der Waals surface area contributed by atoms with E-state index in [9.17, 15) is 10.1 Å². The van der Waals surface area contributed by atoms with Gasteiger partial charge < -0.3 is 10.7 Å². The monoisotopic (exact) mass is 280 g/mol. The normalized spacial score (nSPS) is 16.9. The molecule has 8 heteroatoms. The fourth-order valence-electron chi connectivity index (χ4n) is 2.37. The number of nitrogens with two attached hydrogens (primary N) is 1. The summed E-state index contributed by atoms with van der Waals surface area (Å²) < 4.78 is 0. The molecule has 1 aliphatic heterocycles. The van der Waals surface area contributed by atoms with Crippen molar-refractivity contribution < 1.29 is 4.92 Å². The number of hydrogen-bond acceptors (Lipinski definition) is 7. The van der Waals surface area contributed by atoms with Gasteiger partial charge in [0, 0.05) is 18.7 Å². The molecule has 1 aromatic heterocycles. The summed E-state index contributed by atoms with van der Waals surface area (Å²) in [6.45, 7) is 4.89. The molecular weight excluding hydrogens is 260 g/mol. The van der Waals surface area contributed by atoms with Crippen molar-refractivity contribution >= 4 is 17.3 Å². The Kier molecular flexibility index (Phi) is 4.70. The van der Waals surface area contributed by atoms with Crippen LogP contribution in [0.4, 0.5) is 17.3 Å². The quantitative estimate of drug-likeness (QED) is 0.407. The Morgan fingerprint density at radius 1 is 1.50 bits per heavy atom. The Labute approximate surface area is 117 Å². The molecule has 1 saturated heterocycles. The van der Waals surface area contributed by atoms with E-state index in [0.717, 1.165) is 13.1 Å². The molecule has 4 N–H and O–H groups in total. The van der Waals surface area contributed by atoms with Crippen LogP contribution in [-0.2, 0) is 0 Å². The molecule has 2 rings (SSSR count). The minimum atomic E-state index is -0.448. The largest absolute Gasteiger partial charge is 0.363 e. The van der Waals surface area contributed by atoms with Crippen molar-refractivity contribution in [3.63, 3.8) is 0 Å². The first-order chi connectivity index (χ1) is 9.61. The van der Waals surface area contributed by atoms with Gasteiger partial charge in [0.25, 0.3) is 0 Å². The van der Waals surface area contributed by atoms with Crippen LogP contribution in [0.2, 0.25) is 0 Å². The zero-order chi connectivity index (χ0) is 14.5. The summed E-state index contributed by atoms with van der Waals surface area (Å²) in [6, 6.07) is 3.19. The van der Waals surface area contributed by atoms with Gasteiger partial charge in [-0.1, -0.05) is 0 Å². The Balaban J connectivity index is 2.04. The molecule has 0 bridgehead atoms. The summed E-state index contributed by atoms with van der Waals surface area (Å²) in [6.07, 6.45) is 2.44. The lowest BCUT2D eigenvalue weighted by Crippen LogP contribution is -2.35. The SMILES string of the molecule is CC(CNc1nc(NN)ccc1[N+](=O)[O-])N1CCCC1. The third-order valence-corrected chi connectivity index (χ3v) is 3.55. The molecule has 2 heterocycles. The molecule has 110 valence electrons. The van der Waals surface area contributed by atoms with Gasteiger partial charge >= 0.3 is 5.69 Å². The first-order valence-electron chi connectivity index (χ1n) is 6.72. The van der Waals surface area contributed by atoms with E-state index in [1.165, 1.54) is 25.0 Å². The maximum atomic E-state index is 11.0. The molecule has 1 unspecified atom stereocenters. The van der Waals surface area contributed by atoms with Gasteiger partial charge in [0.2, 0.25) is 5.82 Å². The topological polar surface area (TPSA) is 109 Å².